The zero-order valence-electron chi connectivity index (χ0n) is 14.8. The molecular weight excluding hydrogens is 358 g/mol. The molecule has 0 amide bonds. The number of aryl methyl sites for hydroxylation is 1. The van der Waals surface area contributed by atoms with Crippen molar-refractivity contribution >= 4 is 23.6 Å². The molecule has 0 spiro atoms. The van der Waals surface area contributed by atoms with Gasteiger partial charge >= 0.3 is 11.9 Å². The molecule has 0 aliphatic carbocycles. The van der Waals surface area contributed by atoms with E-state index in [1.165, 1.54) is 18.2 Å². The summed E-state index contributed by atoms with van der Waals surface area (Å²) in [7, 11) is 0. The number of nitrogens with zero attached hydrogens (tertiary/aromatic N) is 1. The van der Waals surface area contributed by atoms with E-state index in [9.17, 15) is 20.0 Å². The summed E-state index contributed by atoms with van der Waals surface area (Å²) in [4.78, 5) is 22.1. The summed E-state index contributed by atoms with van der Waals surface area (Å²) in [5, 5.41) is 27.6. The van der Waals surface area contributed by atoms with Gasteiger partial charge in [0, 0.05) is 5.56 Å². The van der Waals surface area contributed by atoms with Crippen molar-refractivity contribution < 1.29 is 24.2 Å². The maximum Gasteiger partial charge on any atom is 0.335 e. The quantitative estimate of drug-likeness (QED) is 0.626. The Morgan fingerprint density at radius 1 is 0.929 bits per heavy atom. The summed E-state index contributed by atoms with van der Waals surface area (Å²) in [6, 6.07) is 16.2. The number of carboxylic acids is 2. The van der Waals surface area contributed by atoms with Crippen molar-refractivity contribution in [1.29, 1.82) is 5.26 Å². The van der Waals surface area contributed by atoms with E-state index < -0.39 is 11.9 Å². The fourth-order valence-electron chi connectivity index (χ4n) is 2.71. The van der Waals surface area contributed by atoms with Gasteiger partial charge in [-0.2, -0.15) is 5.26 Å². The Morgan fingerprint density at radius 3 is 2.14 bits per heavy atom. The van der Waals surface area contributed by atoms with Crippen LogP contribution < -0.4 is 0 Å². The summed E-state index contributed by atoms with van der Waals surface area (Å²) in [6.45, 7) is 1.85. The van der Waals surface area contributed by atoms with Gasteiger partial charge in [-0.1, -0.05) is 18.2 Å². The molecule has 3 aromatic rings. The molecule has 6 nitrogen and oxygen atoms in total. The second kappa shape index (κ2) is 7.64. The highest BCUT2D eigenvalue weighted by atomic mass is 16.4. The molecule has 0 aliphatic rings. The van der Waals surface area contributed by atoms with Crippen LogP contribution in [0.3, 0.4) is 0 Å². The van der Waals surface area contributed by atoms with E-state index in [4.69, 9.17) is 9.52 Å². The van der Waals surface area contributed by atoms with Crippen LogP contribution in [0.2, 0.25) is 0 Å². The summed E-state index contributed by atoms with van der Waals surface area (Å²) < 4.78 is 5.79. The van der Waals surface area contributed by atoms with Crippen molar-refractivity contribution in [2.24, 2.45) is 0 Å². The second-order valence-corrected chi connectivity index (χ2v) is 6.09. The molecule has 0 radical (unpaired) electrons. The smallest absolute Gasteiger partial charge is 0.335 e. The Balaban J connectivity index is 1.95. The van der Waals surface area contributed by atoms with Crippen LogP contribution in [0, 0.1) is 18.3 Å². The monoisotopic (exact) mass is 373 g/mol. The SMILES string of the molecule is Cc1ccc(C(=O)O)cc1-c1ccc(/C=C(/C#N)c2ccc(C(=O)O)cc2)o1. The lowest BCUT2D eigenvalue weighted by Gasteiger charge is -2.04. The lowest BCUT2D eigenvalue weighted by molar-refractivity contribution is 0.0686. The first-order valence-electron chi connectivity index (χ1n) is 8.28. The molecule has 6 heteroatoms. The molecule has 28 heavy (non-hydrogen) atoms. The summed E-state index contributed by atoms with van der Waals surface area (Å²) in [6.07, 6.45) is 1.55. The average Bonchev–Trinajstić information content (AvgIpc) is 3.14. The van der Waals surface area contributed by atoms with E-state index in [0.29, 0.717) is 28.2 Å². The lowest BCUT2D eigenvalue weighted by atomic mass is 10.0. The van der Waals surface area contributed by atoms with Gasteiger partial charge in [0.1, 0.15) is 11.5 Å². The van der Waals surface area contributed by atoms with Crippen molar-refractivity contribution in [2.75, 3.05) is 0 Å². The fourth-order valence-corrected chi connectivity index (χ4v) is 2.71. The first-order valence-corrected chi connectivity index (χ1v) is 8.28. The number of aromatic carboxylic acids is 2. The zero-order valence-corrected chi connectivity index (χ0v) is 14.8. The molecule has 0 saturated heterocycles. The molecule has 2 aromatic carbocycles. The second-order valence-electron chi connectivity index (χ2n) is 6.09. The minimum atomic E-state index is -1.04. The normalized spacial score (nSPS) is 11.1. The number of hydrogen-bond acceptors (Lipinski definition) is 4. The van der Waals surface area contributed by atoms with Crippen LogP contribution >= 0.6 is 0 Å². The largest absolute Gasteiger partial charge is 0.478 e. The molecule has 0 unspecified atom stereocenters. The van der Waals surface area contributed by atoms with Gasteiger partial charge in [0.25, 0.3) is 0 Å². The number of allylic oxidation sites excluding steroid dienone is 1. The van der Waals surface area contributed by atoms with E-state index in [1.807, 2.05) is 6.92 Å². The van der Waals surface area contributed by atoms with Gasteiger partial charge in [0.05, 0.1) is 22.8 Å². The van der Waals surface area contributed by atoms with Gasteiger partial charge in [-0.05, 0) is 60.5 Å². The van der Waals surface area contributed by atoms with Gasteiger partial charge in [0.2, 0.25) is 0 Å². The standard InChI is InChI=1S/C22H15NO5/c1-13-2-3-16(22(26)27)11-19(13)20-9-8-18(28-20)10-17(12-23)14-4-6-15(7-5-14)21(24)25/h2-11H,1H3,(H,24,25)(H,26,27)/b17-10-. The van der Waals surface area contributed by atoms with Crippen LogP contribution in [0.4, 0.5) is 0 Å². The maximum atomic E-state index is 11.2. The molecule has 3 rings (SSSR count). The molecule has 0 bridgehead atoms. The van der Waals surface area contributed by atoms with Crippen LogP contribution in [0.5, 0.6) is 0 Å². The van der Waals surface area contributed by atoms with Crippen molar-refractivity contribution in [3.63, 3.8) is 0 Å². The Labute approximate surface area is 160 Å². The van der Waals surface area contributed by atoms with Crippen LogP contribution in [0.1, 0.15) is 37.6 Å². The molecule has 0 aliphatic heterocycles. The predicted octanol–water partition coefficient (Wildman–Crippen LogP) is 4.72. The van der Waals surface area contributed by atoms with E-state index >= 15 is 0 Å². The highest BCUT2D eigenvalue weighted by Crippen LogP contribution is 2.28. The first kappa shape index (κ1) is 18.7. The Hall–Kier alpha value is -4.11. The predicted molar refractivity (Wildman–Crippen MR) is 103 cm³/mol. The highest BCUT2D eigenvalue weighted by molar-refractivity contribution is 5.92. The van der Waals surface area contributed by atoms with Crippen molar-refractivity contribution in [2.45, 2.75) is 6.92 Å². The minimum absolute atomic E-state index is 0.134. The third kappa shape index (κ3) is 3.84. The molecule has 138 valence electrons. The maximum absolute atomic E-state index is 11.2. The molecule has 0 fully saturated rings. The lowest BCUT2D eigenvalue weighted by Crippen LogP contribution is -1.96. The van der Waals surface area contributed by atoms with Gasteiger partial charge in [0.15, 0.2) is 0 Å². The van der Waals surface area contributed by atoms with Crippen molar-refractivity contribution in [1.82, 2.24) is 0 Å². The molecule has 0 saturated carbocycles. The van der Waals surface area contributed by atoms with E-state index in [0.717, 1.165) is 5.56 Å². The van der Waals surface area contributed by atoms with Gasteiger partial charge < -0.3 is 14.6 Å². The Bertz CT molecular complexity index is 1130. The highest BCUT2D eigenvalue weighted by Gasteiger charge is 2.12. The van der Waals surface area contributed by atoms with Crippen LogP contribution in [-0.4, -0.2) is 22.2 Å². The van der Waals surface area contributed by atoms with E-state index in [2.05, 4.69) is 6.07 Å². The number of carbonyl (C=O) groups is 2. The third-order valence-corrected chi connectivity index (χ3v) is 4.23. The van der Waals surface area contributed by atoms with E-state index in [1.54, 1.807) is 42.5 Å². The first-order chi connectivity index (χ1) is 13.4. The molecule has 1 heterocycles. The number of hydrogen-bond donors (Lipinski definition) is 2. The van der Waals surface area contributed by atoms with Gasteiger partial charge in [-0.25, -0.2) is 9.59 Å². The topological polar surface area (TPSA) is 112 Å². The molecule has 0 atom stereocenters. The Morgan fingerprint density at radius 2 is 1.54 bits per heavy atom. The number of nitriles is 1. The summed E-state index contributed by atoms with van der Waals surface area (Å²) in [5.41, 5.74) is 2.69. The number of furan rings is 1. The van der Waals surface area contributed by atoms with Gasteiger partial charge in [-0.15, -0.1) is 0 Å². The number of carboxylic acid groups (broad SMARTS) is 2. The van der Waals surface area contributed by atoms with Crippen LogP contribution in [0.25, 0.3) is 23.0 Å². The summed E-state index contributed by atoms with van der Waals surface area (Å²) in [5.74, 6) is -1.15. The van der Waals surface area contributed by atoms with Crippen molar-refractivity contribution in [3.8, 4) is 17.4 Å². The Kier molecular flexibility index (Phi) is 5.10. The fraction of sp³-hybridized carbons (Fsp3) is 0.0455. The van der Waals surface area contributed by atoms with E-state index in [-0.39, 0.29) is 11.1 Å². The van der Waals surface area contributed by atoms with Crippen LogP contribution in [-0.2, 0) is 0 Å². The van der Waals surface area contributed by atoms with Crippen LogP contribution in [0.15, 0.2) is 59.0 Å². The third-order valence-electron chi connectivity index (χ3n) is 4.23. The molecule has 2 N–H and O–H groups in total. The number of rotatable bonds is 5. The minimum Gasteiger partial charge on any atom is -0.478 e. The molecule has 1 aromatic heterocycles. The van der Waals surface area contributed by atoms with Crippen molar-refractivity contribution in [3.05, 3.63) is 82.6 Å². The average molecular weight is 373 g/mol. The molecular formula is C22H15NO5. The number of benzene rings is 2. The van der Waals surface area contributed by atoms with Gasteiger partial charge in [-0.3, -0.25) is 0 Å². The summed E-state index contributed by atoms with van der Waals surface area (Å²) >= 11 is 0. The zero-order chi connectivity index (χ0) is 20.3.